The van der Waals surface area contributed by atoms with E-state index in [0.29, 0.717) is 0 Å². The minimum Gasteiger partial charge on any atom is -0.478 e. The van der Waals surface area contributed by atoms with E-state index >= 15 is 0 Å². The molecule has 0 spiro atoms. The second kappa shape index (κ2) is 5.75. The predicted octanol–water partition coefficient (Wildman–Crippen LogP) is 1.20. The zero-order chi connectivity index (χ0) is 12.2. The van der Waals surface area contributed by atoms with Gasteiger partial charge in [0.2, 0.25) is 6.29 Å². The van der Waals surface area contributed by atoms with Gasteiger partial charge in [-0.1, -0.05) is 29.8 Å². The Morgan fingerprint density at radius 1 is 1.53 bits per heavy atom. The first-order valence-corrected chi connectivity index (χ1v) is 4.36. The van der Waals surface area contributed by atoms with Crippen molar-refractivity contribution in [2.45, 2.75) is 13.2 Å². The molecule has 0 aliphatic carbocycles. The third-order valence-corrected chi connectivity index (χ3v) is 2.02. The van der Waals surface area contributed by atoms with E-state index in [1.54, 1.807) is 0 Å². The molecule has 0 bridgehead atoms. The smallest absolute Gasteiger partial charge is 0.353 e. The van der Waals surface area contributed by atoms with Crippen LogP contribution in [0.3, 0.4) is 0 Å². The molecular formula is C8H8Cl2O5. The highest BCUT2D eigenvalue weighted by molar-refractivity contribution is 6.48. The first-order valence-electron chi connectivity index (χ1n) is 3.60. The molecule has 7 heteroatoms. The third kappa shape index (κ3) is 4.33. The van der Waals surface area contributed by atoms with Gasteiger partial charge in [-0.3, -0.25) is 0 Å². The van der Waals surface area contributed by atoms with Crippen LogP contribution in [0.1, 0.15) is 6.92 Å². The zero-order valence-corrected chi connectivity index (χ0v) is 9.17. The Kier molecular flexibility index (Phi) is 5.35. The second-order valence-electron chi connectivity index (χ2n) is 2.51. The van der Waals surface area contributed by atoms with E-state index in [1.807, 2.05) is 0 Å². The number of rotatable bonds is 1. The Balaban J connectivity index is 0.000000288. The maximum absolute atomic E-state index is 10.3. The first kappa shape index (κ1) is 14.0. The van der Waals surface area contributed by atoms with Crippen molar-refractivity contribution in [2.24, 2.45) is 0 Å². The maximum Gasteiger partial charge on any atom is 0.353 e. The van der Waals surface area contributed by atoms with Crippen LogP contribution in [-0.2, 0) is 14.3 Å². The van der Waals surface area contributed by atoms with Gasteiger partial charge in [-0.2, -0.15) is 0 Å². The molecular weight excluding hydrogens is 247 g/mol. The molecule has 1 atom stereocenters. The molecule has 0 aromatic carbocycles. The number of carbonyl (C=O) groups is 2. The minimum atomic E-state index is -1.37. The predicted molar refractivity (Wildman–Crippen MR) is 53.3 cm³/mol. The Morgan fingerprint density at radius 2 is 1.93 bits per heavy atom. The van der Waals surface area contributed by atoms with Crippen molar-refractivity contribution in [1.29, 1.82) is 0 Å². The Labute approximate surface area is 95.5 Å². The molecule has 0 aromatic rings. The number of carbonyl (C=O) groups excluding carboxylic acids is 1. The zero-order valence-electron chi connectivity index (χ0n) is 7.66. The van der Waals surface area contributed by atoms with Crippen LogP contribution >= 0.6 is 23.2 Å². The number of carboxylic acids is 1. The number of ether oxygens (including phenoxy) is 1. The highest BCUT2D eigenvalue weighted by Gasteiger charge is 2.29. The van der Waals surface area contributed by atoms with Crippen LogP contribution in [0.15, 0.2) is 22.2 Å². The molecule has 15 heavy (non-hydrogen) atoms. The molecule has 2 N–H and O–H groups in total. The van der Waals surface area contributed by atoms with Crippen molar-refractivity contribution < 1.29 is 24.5 Å². The fourth-order valence-electron chi connectivity index (χ4n) is 0.411. The summed E-state index contributed by atoms with van der Waals surface area (Å²) >= 11 is 10.5. The van der Waals surface area contributed by atoms with E-state index in [0.717, 1.165) is 0 Å². The van der Waals surface area contributed by atoms with Gasteiger partial charge in [0, 0.05) is 5.57 Å². The van der Waals surface area contributed by atoms with Crippen molar-refractivity contribution >= 4 is 35.1 Å². The number of halogens is 2. The van der Waals surface area contributed by atoms with Crippen LogP contribution < -0.4 is 0 Å². The SMILES string of the molecule is C=C(C)C(=O)O.O=C1OC(O)C(Cl)=C1Cl. The summed E-state index contributed by atoms with van der Waals surface area (Å²) in [6.07, 6.45) is -1.37. The van der Waals surface area contributed by atoms with E-state index in [9.17, 15) is 9.59 Å². The van der Waals surface area contributed by atoms with E-state index < -0.39 is 18.2 Å². The summed E-state index contributed by atoms with van der Waals surface area (Å²) in [6, 6.07) is 0. The van der Waals surface area contributed by atoms with Crippen LogP contribution in [-0.4, -0.2) is 28.4 Å². The van der Waals surface area contributed by atoms with Crippen molar-refractivity contribution in [2.75, 3.05) is 0 Å². The van der Waals surface area contributed by atoms with Crippen molar-refractivity contribution in [1.82, 2.24) is 0 Å². The van der Waals surface area contributed by atoms with Crippen LogP contribution in [0.25, 0.3) is 0 Å². The molecule has 0 fully saturated rings. The summed E-state index contributed by atoms with van der Waals surface area (Å²) in [7, 11) is 0. The molecule has 0 saturated carbocycles. The molecule has 1 aliphatic heterocycles. The van der Waals surface area contributed by atoms with Gasteiger partial charge in [-0.15, -0.1) is 0 Å². The lowest BCUT2D eigenvalue weighted by molar-refractivity contribution is -0.151. The van der Waals surface area contributed by atoms with Gasteiger partial charge in [-0.25, -0.2) is 9.59 Å². The second-order valence-corrected chi connectivity index (χ2v) is 3.29. The van der Waals surface area contributed by atoms with E-state index in [1.165, 1.54) is 6.92 Å². The van der Waals surface area contributed by atoms with Gasteiger partial charge in [-0.05, 0) is 6.92 Å². The van der Waals surface area contributed by atoms with Crippen LogP contribution in [0, 0.1) is 0 Å². The number of aliphatic carboxylic acids is 1. The highest BCUT2D eigenvalue weighted by atomic mass is 35.5. The standard InChI is InChI=1S/C4H2Cl2O3.C4H6O2/c5-1-2(6)4(8)9-3(1)7;1-3(2)4(5)6/h3,7H;1H2,2H3,(H,5,6). The average molecular weight is 255 g/mol. The van der Waals surface area contributed by atoms with Crippen molar-refractivity contribution in [3.05, 3.63) is 22.2 Å². The van der Waals surface area contributed by atoms with Crippen LogP contribution in [0.5, 0.6) is 0 Å². The molecule has 1 aliphatic rings. The van der Waals surface area contributed by atoms with Gasteiger partial charge in [0.05, 0.1) is 0 Å². The number of hydrogen-bond donors (Lipinski definition) is 2. The number of carboxylic acid groups (broad SMARTS) is 1. The summed E-state index contributed by atoms with van der Waals surface area (Å²) in [6.45, 7) is 4.60. The summed E-state index contributed by atoms with van der Waals surface area (Å²) < 4.78 is 4.16. The van der Waals surface area contributed by atoms with Gasteiger partial charge in [0.1, 0.15) is 10.1 Å². The topological polar surface area (TPSA) is 83.8 Å². The summed E-state index contributed by atoms with van der Waals surface area (Å²) in [5.41, 5.74) is 0.176. The van der Waals surface area contributed by atoms with Crippen molar-refractivity contribution in [3.63, 3.8) is 0 Å². The molecule has 0 radical (unpaired) electrons. The Hall–Kier alpha value is -1.04. The van der Waals surface area contributed by atoms with E-state index in [4.69, 9.17) is 33.4 Å². The summed E-state index contributed by atoms with van der Waals surface area (Å²) in [4.78, 5) is 19.9. The summed E-state index contributed by atoms with van der Waals surface area (Å²) in [5, 5.41) is 16.1. The van der Waals surface area contributed by atoms with Crippen LogP contribution in [0.4, 0.5) is 0 Å². The number of hydrogen-bond acceptors (Lipinski definition) is 4. The lowest BCUT2D eigenvalue weighted by atomic mass is 10.4. The quantitative estimate of drug-likeness (QED) is 0.543. The van der Waals surface area contributed by atoms with Gasteiger partial charge < -0.3 is 14.9 Å². The Bertz CT molecular complexity index is 322. The van der Waals surface area contributed by atoms with Gasteiger partial charge in [0.15, 0.2) is 0 Å². The minimum absolute atomic E-state index is 0.151. The molecule has 5 nitrogen and oxygen atoms in total. The number of esters is 1. The monoisotopic (exact) mass is 254 g/mol. The number of aliphatic hydroxyl groups is 1. The highest BCUT2D eigenvalue weighted by Crippen LogP contribution is 2.26. The molecule has 0 amide bonds. The normalized spacial score (nSPS) is 19.2. The molecule has 84 valence electrons. The fourth-order valence-corrected chi connectivity index (χ4v) is 0.670. The molecule has 1 heterocycles. The molecule has 0 aromatic heterocycles. The first-order chi connectivity index (χ1) is 6.77. The summed E-state index contributed by atoms with van der Waals surface area (Å²) in [5.74, 6) is -1.72. The van der Waals surface area contributed by atoms with Crippen molar-refractivity contribution in [3.8, 4) is 0 Å². The molecule has 0 saturated heterocycles. The van der Waals surface area contributed by atoms with E-state index in [-0.39, 0.29) is 15.6 Å². The lowest BCUT2D eigenvalue weighted by Gasteiger charge is -1.97. The van der Waals surface area contributed by atoms with Crippen LogP contribution in [0.2, 0.25) is 0 Å². The Morgan fingerprint density at radius 3 is 2.00 bits per heavy atom. The largest absolute Gasteiger partial charge is 0.478 e. The fraction of sp³-hybridized carbons (Fsp3) is 0.250. The maximum atomic E-state index is 10.3. The number of cyclic esters (lactones) is 1. The molecule has 1 unspecified atom stereocenters. The van der Waals surface area contributed by atoms with E-state index in [2.05, 4.69) is 11.3 Å². The molecule has 1 rings (SSSR count). The van der Waals surface area contributed by atoms with Gasteiger partial charge in [0.25, 0.3) is 0 Å². The average Bonchev–Trinajstić information content (AvgIpc) is 2.34. The van der Waals surface area contributed by atoms with Gasteiger partial charge >= 0.3 is 11.9 Å². The third-order valence-electron chi connectivity index (χ3n) is 1.19. The number of aliphatic hydroxyl groups excluding tert-OH is 1. The lowest BCUT2D eigenvalue weighted by Crippen LogP contribution is -2.07.